The molecule has 1 heterocycles. The van der Waals surface area contributed by atoms with Crippen molar-refractivity contribution in [2.45, 2.75) is 32.7 Å². The fraction of sp³-hybridized carbons (Fsp3) is 0.833. The van der Waals surface area contributed by atoms with Crippen molar-refractivity contribution >= 4 is 12.1 Å². The van der Waals surface area contributed by atoms with Crippen molar-refractivity contribution in [1.29, 1.82) is 0 Å². The number of ether oxygens (including phenoxy) is 1. The molecule has 0 aliphatic carbocycles. The number of hydrogen-bond donors (Lipinski definition) is 1. The second-order valence-corrected chi connectivity index (χ2v) is 4.41. The largest absolute Gasteiger partial charge is 0.453 e. The van der Waals surface area contributed by atoms with Gasteiger partial charge >= 0.3 is 12.1 Å². The van der Waals surface area contributed by atoms with Gasteiger partial charge in [-0.3, -0.25) is 0 Å². The van der Waals surface area contributed by atoms with E-state index in [0.717, 1.165) is 12.8 Å². The molecule has 3 amide bonds. The van der Waals surface area contributed by atoms with E-state index in [9.17, 15) is 9.59 Å². The van der Waals surface area contributed by atoms with Gasteiger partial charge in [0.1, 0.15) is 0 Å². The summed E-state index contributed by atoms with van der Waals surface area (Å²) in [6.45, 7) is 6.29. The summed E-state index contributed by atoms with van der Waals surface area (Å²) in [4.78, 5) is 26.6. The lowest BCUT2D eigenvalue weighted by Gasteiger charge is -2.34. The molecular weight excluding hydrogens is 234 g/mol. The molecule has 0 aromatic heterocycles. The molecule has 0 aromatic rings. The third kappa shape index (κ3) is 3.78. The van der Waals surface area contributed by atoms with Crippen LogP contribution in [0.15, 0.2) is 0 Å². The molecule has 104 valence electrons. The average Bonchev–Trinajstić information content (AvgIpc) is 2.43. The van der Waals surface area contributed by atoms with Gasteiger partial charge in [0, 0.05) is 32.2 Å². The molecule has 6 heteroatoms. The Labute approximate surface area is 108 Å². The lowest BCUT2D eigenvalue weighted by atomic mass is 10.2. The standard InChI is InChI=1S/C12H23N3O3/c1-4-10(5-2)13-11(16)14-6-8-15(9-7-14)12(17)18-3/h10H,4-9H2,1-3H3,(H,13,16). The second-order valence-electron chi connectivity index (χ2n) is 4.41. The first-order valence-electron chi connectivity index (χ1n) is 6.50. The Balaban J connectivity index is 2.38. The van der Waals surface area contributed by atoms with Crippen molar-refractivity contribution in [3.63, 3.8) is 0 Å². The van der Waals surface area contributed by atoms with Crippen LogP contribution in [0.2, 0.25) is 0 Å². The van der Waals surface area contributed by atoms with Crippen LogP contribution in [0.25, 0.3) is 0 Å². The maximum absolute atomic E-state index is 12.0. The lowest BCUT2D eigenvalue weighted by Crippen LogP contribution is -2.54. The number of carbonyl (C=O) groups is 2. The van der Waals surface area contributed by atoms with Gasteiger partial charge in [-0.15, -0.1) is 0 Å². The van der Waals surface area contributed by atoms with Crippen molar-refractivity contribution in [3.05, 3.63) is 0 Å². The van der Waals surface area contributed by atoms with E-state index in [1.807, 2.05) is 0 Å². The molecule has 0 aromatic carbocycles. The molecule has 0 spiro atoms. The number of hydrogen-bond acceptors (Lipinski definition) is 3. The summed E-state index contributed by atoms with van der Waals surface area (Å²) < 4.78 is 4.65. The van der Waals surface area contributed by atoms with E-state index in [1.165, 1.54) is 7.11 Å². The summed E-state index contributed by atoms with van der Waals surface area (Å²) in [7, 11) is 1.37. The maximum Gasteiger partial charge on any atom is 0.409 e. The molecule has 18 heavy (non-hydrogen) atoms. The predicted octanol–water partition coefficient (Wildman–Crippen LogP) is 1.27. The third-order valence-electron chi connectivity index (χ3n) is 3.31. The van der Waals surface area contributed by atoms with Crippen molar-refractivity contribution in [1.82, 2.24) is 15.1 Å². The zero-order valence-electron chi connectivity index (χ0n) is 11.4. The minimum atomic E-state index is -0.324. The summed E-state index contributed by atoms with van der Waals surface area (Å²) in [6.07, 6.45) is 1.55. The van der Waals surface area contributed by atoms with Gasteiger partial charge in [-0.2, -0.15) is 0 Å². The van der Waals surface area contributed by atoms with Crippen LogP contribution in [0.3, 0.4) is 0 Å². The summed E-state index contributed by atoms with van der Waals surface area (Å²) in [5, 5.41) is 3.00. The summed E-state index contributed by atoms with van der Waals surface area (Å²) in [5.74, 6) is 0. The van der Waals surface area contributed by atoms with E-state index in [2.05, 4.69) is 23.9 Å². The number of urea groups is 1. The number of rotatable bonds is 3. The van der Waals surface area contributed by atoms with Crippen molar-refractivity contribution < 1.29 is 14.3 Å². The average molecular weight is 257 g/mol. The monoisotopic (exact) mass is 257 g/mol. The van der Waals surface area contributed by atoms with Gasteiger partial charge < -0.3 is 19.9 Å². The molecule has 0 bridgehead atoms. The zero-order chi connectivity index (χ0) is 13.5. The number of piperazine rings is 1. The first-order chi connectivity index (χ1) is 8.62. The van der Waals surface area contributed by atoms with Gasteiger partial charge in [-0.05, 0) is 12.8 Å². The van der Waals surface area contributed by atoms with Crippen LogP contribution >= 0.6 is 0 Å². The highest BCUT2D eigenvalue weighted by Gasteiger charge is 2.25. The van der Waals surface area contributed by atoms with Crippen molar-refractivity contribution in [2.75, 3.05) is 33.3 Å². The topological polar surface area (TPSA) is 61.9 Å². The first-order valence-corrected chi connectivity index (χ1v) is 6.50. The number of methoxy groups -OCH3 is 1. The van der Waals surface area contributed by atoms with Gasteiger partial charge in [0.05, 0.1) is 7.11 Å². The van der Waals surface area contributed by atoms with Crippen LogP contribution in [0, 0.1) is 0 Å². The Bertz CT molecular complexity index is 284. The third-order valence-corrected chi connectivity index (χ3v) is 3.31. The van der Waals surface area contributed by atoms with Crippen LogP contribution in [-0.2, 0) is 4.74 Å². The molecule has 1 fully saturated rings. The fourth-order valence-corrected chi connectivity index (χ4v) is 1.98. The number of nitrogens with one attached hydrogen (secondary N) is 1. The van der Waals surface area contributed by atoms with E-state index in [-0.39, 0.29) is 18.2 Å². The lowest BCUT2D eigenvalue weighted by molar-refractivity contribution is 0.0964. The molecule has 6 nitrogen and oxygen atoms in total. The molecule has 0 atom stereocenters. The normalized spacial score (nSPS) is 15.8. The Morgan fingerprint density at radius 2 is 1.61 bits per heavy atom. The Morgan fingerprint density at radius 1 is 1.11 bits per heavy atom. The van der Waals surface area contributed by atoms with E-state index in [1.54, 1.807) is 9.80 Å². The molecule has 0 radical (unpaired) electrons. The molecular formula is C12H23N3O3. The zero-order valence-corrected chi connectivity index (χ0v) is 11.4. The highest BCUT2D eigenvalue weighted by molar-refractivity contribution is 5.75. The van der Waals surface area contributed by atoms with Gasteiger partial charge in [0.2, 0.25) is 0 Å². The second kappa shape index (κ2) is 7.08. The van der Waals surface area contributed by atoms with Crippen LogP contribution in [-0.4, -0.2) is 61.3 Å². The molecule has 1 aliphatic rings. The number of amides is 3. The van der Waals surface area contributed by atoms with E-state index >= 15 is 0 Å². The molecule has 1 rings (SSSR count). The highest BCUT2D eigenvalue weighted by atomic mass is 16.5. The number of carbonyl (C=O) groups excluding carboxylic acids is 2. The molecule has 0 saturated carbocycles. The molecule has 1 aliphatic heterocycles. The van der Waals surface area contributed by atoms with Crippen LogP contribution in [0.4, 0.5) is 9.59 Å². The Hall–Kier alpha value is -1.46. The fourth-order valence-electron chi connectivity index (χ4n) is 1.98. The van der Waals surface area contributed by atoms with Gasteiger partial charge in [0.15, 0.2) is 0 Å². The summed E-state index contributed by atoms with van der Waals surface area (Å²) in [5.41, 5.74) is 0. The number of nitrogens with zero attached hydrogens (tertiary/aromatic N) is 2. The van der Waals surface area contributed by atoms with Gasteiger partial charge in [-0.25, -0.2) is 9.59 Å². The first kappa shape index (κ1) is 14.6. The van der Waals surface area contributed by atoms with E-state index in [4.69, 9.17) is 0 Å². The van der Waals surface area contributed by atoms with E-state index < -0.39 is 0 Å². The van der Waals surface area contributed by atoms with Crippen molar-refractivity contribution in [2.24, 2.45) is 0 Å². The van der Waals surface area contributed by atoms with Crippen LogP contribution in [0.1, 0.15) is 26.7 Å². The highest BCUT2D eigenvalue weighted by Crippen LogP contribution is 2.05. The van der Waals surface area contributed by atoms with E-state index in [0.29, 0.717) is 26.2 Å². The maximum atomic E-state index is 12.0. The summed E-state index contributed by atoms with van der Waals surface area (Å²) >= 11 is 0. The van der Waals surface area contributed by atoms with Crippen LogP contribution < -0.4 is 5.32 Å². The molecule has 0 unspecified atom stereocenters. The smallest absolute Gasteiger partial charge is 0.409 e. The minimum Gasteiger partial charge on any atom is -0.453 e. The summed E-state index contributed by atoms with van der Waals surface area (Å²) in [6, 6.07) is 0.198. The van der Waals surface area contributed by atoms with Crippen molar-refractivity contribution in [3.8, 4) is 0 Å². The van der Waals surface area contributed by atoms with Gasteiger partial charge in [0.25, 0.3) is 0 Å². The molecule has 1 N–H and O–H groups in total. The Kier molecular flexibility index (Phi) is 5.74. The Morgan fingerprint density at radius 3 is 2.06 bits per heavy atom. The molecule has 1 saturated heterocycles. The quantitative estimate of drug-likeness (QED) is 0.828. The SMILES string of the molecule is CCC(CC)NC(=O)N1CCN(C(=O)OC)CC1. The van der Waals surface area contributed by atoms with Crippen LogP contribution in [0.5, 0.6) is 0 Å². The van der Waals surface area contributed by atoms with Gasteiger partial charge in [-0.1, -0.05) is 13.8 Å². The predicted molar refractivity (Wildman–Crippen MR) is 68.5 cm³/mol. The minimum absolute atomic E-state index is 0.0341.